The first-order chi connectivity index (χ1) is 21.7. The van der Waals surface area contributed by atoms with Gasteiger partial charge in [0.2, 0.25) is 17.7 Å². The Morgan fingerprint density at radius 1 is 1.07 bits per heavy atom. The molecule has 3 aliphatic rings. The summed E-state index contributed by atoms with van der Waals surface area (Å²) in [6.45, 7) is 11.9. The summed E-state index contributed by atoms with van der Waals surface area (Å²) in [6.07, 6.45) is 4.25. The first kappa shape index (κ1) is 30.7. The summed E-state index contributed by atoms with van der Waals surface area (Å²) in [6, 6.07) is 15.4. The molecule has 45 heavy (non-hydrogen) atoms. The van der Waals surface area contributed by atoms with Gasteiger partial charge in [0.15, 0.2) is 0 Å². The van der Waals surface area contributed by atoms with Crippen LogP contribution in [0, 0.1) is 11.8 Å². The standard InChI is InChI=1S/C34H40N6O5/c1-5-18-37(20-24-12-8-7-9-13-24)30(42)27-28-31(43)40(23(3)21-41)29(34(28)17-16-33(27,4)45-34)32(44)38(19-6-2)22-39-26-15-11-10-14-25(26)35-36-39/h5-15,23,27-29,41H,1-2,16-22H2,3-4H3/t23-,27-,28+,29?,33+,34?/m1/s1. The van der Waals surface area contributed by atoms with E-state index in [1.165, 1.54) is 4.90 Å². The van der Waals surface area contributed by atoms with E-state index in [1.54, 1.807) is 33.6 Å². The number of hydrogen-bond acceptors (Lipinski definition) is 7. The number of amides is 3. The van der Waals surface area contributed by atoms with E-state index < -0.39 is 35.1 Å². The minimum atomic E-state index is -1.23. The number of likely N-dealkylation sites (tertiary alicyclic amines) is 1. The fraction of sp³-hybridized carbons (Fsp3) is 0.441. The van der Waals surface area contributed by atoms with Gasteiger partial charge in [-0.15, -0.1) is 18.3 Å². The number of rotatable bonds is 12. The first-order valence-corrected chi connectivity index (χ1v) is 15.4. The van der Waals surface area contributed by atoms with Crippen LogP contribution in [0.1, 0.15) is 32.3 Å². The van der Waals surface area contributed by atoms with Gasteiger partial charge >= 0.3 is 0 Å². The molecule has 2 aromatic carbocycles. The van der Waals surface area contributed by atoms with Crippen LogP contribution in [0.5, 0.6) is 0 Å². The van der Waals surface area contributed by atoms with Gasteiger partial charge in [-0.05, 0) is 44.4 Å². The van der Waals surface area contributed by atoms with Crippen molar-refractivity contribution in [2.45, 2.75) is 63.2 Å². The van der Waals surface area contributed by atoms with Crippen LogP contribution >= 0.6 is 0 Å². The molecule has 0 aliphatic carbocycles. The van der Waals surface area contributed by atoms with Gasteiger partial charge in [-0.2, -0.15) is 0 Å². The number of aromatic nitrogens is 3. The Balaban J connectivity index is 1.38. The maximum absolute atomic E-state index is 14.7. The van der Waals surface area contributed by atoms with Gasteiger partial charge in [-0.3, -0.25) is 14.4 Å². The fourth-order valence-electron chi connectivity index (χ4n) is 7.70. The molecule has 2 unspecified atom stereocenters. The molecular weight excluding hydrogens is 572 g/mol. The minimum Gasteiger partial charge on any atom is -0.394 e. The van der Waals surface area contributed by atoms with Crippen LogP contribution in [0.25, 0.3) is 11.0 Å². The van der Waals surface area contributed by atoms with E-state index in [9.17, 15) is 19.5 Å². The molecule has 4 heterocycles. The lowest BCUT2D eigenvalue weighted by Crippen LogP contribution is -2.58. The monoisotopic (exact) mass is 612 g/mol. The molecule has 3 aliphatic heterocycles. The molecule has 1 aromatic heterocycles. The van der Waals surface area contributed by atoms with Crippen LogP contribution in [0.2, 0.25) is 0 Å². The van der Waals surface area contributed by atoms with Gasteiger partial charge in [0.1, 0.15) is 23.8 Å². The lowest BCUT2D eigenvalue weighted by Gasteiger charge is -2.38. The van der Waals surface area contributed by atoms with E-state index in [1.807, 2.05) is 61.5 Å². The zero-order valence-electron chi connectivity index (χ0n) is 25.8. The smallest absolute Gasteiger partial charge is 0.250 e. The molecule has 6 rings (SSSR count). The molecule has 1 N–H and O–H groups in total. The van der Waals surface area contributed by atoms with Gasteiger partial charge < -0.3 is 24.5 Å². The number of ether oxygens (including phenoxy) is 1. The number of nitrogens with zero attached hydrogens (tertiary/aromatic N) is 6. The van der Waals surface area contributed by atoms with Crippen LogP contribution in [0.4, 0.5) is 0 Å². The van der Waals surface area contributed by atoms with Crippen molar-refractivity contribution in [2.24, 2.45) is 11.8 Å². The van der Waals surface area contributed by atoms with Crippen molar-refractivity contribution in [1.82, 2.24) is 29.7 Å². The average Bonchev–Trinajstić information content (AvgIpc) is 3.75. The number of aliphatic hydroxyl groups is 1. The number of fused-ring (bicyclic) bond motifs is 2. The third-order valence-electron chi connectivity index (χ3n) is 9.72. The quantitative estimate of drug-likeness (QED) is 0.312. The molecule has 3 amide bonds. The highest BCUT2D eigenvalue weighted by Gasteiger charge is 2.78. The van der Waals surface area contributed by atoms with Crippen molar-refractivity contribution < 1.29 is 24.2 Å². The van der Waals surface area contributed by atoms with Crippen LogP contribution < -0.4 is 0 Å². The Labute approximate surface area is 262 Å². The topological polar surface area (TPSA) is 121 Å². The highest BCUT2D eigenvalue weighted by Crippen LogP contribution is 2.63. The number of carbonyl (C=O) groups excluding carboxylic acids is 3. The Hall–Kier alpha value is -4.35. The second kappa shape index (κ2) is 11.9. The van der Waals surface area contributed by atoms with E-state index in [0.29, 0.717) is 31.4 Å². The summed E-state index contributed by atoms with van der Waals surface area (Å²) in [5.41, 5.74) is 0.240. The van der Waals surface area contributed by atoms with Crippen molar-refractivity contribution >= 4 is 28.8 Å². The molecule has 2 bridgehead atoms. The highest BCUT2D eigenvalue weighted by atomic mass is 16.5. The molecule has 0 saturated carbocycles. The number of benzene rings is 2. The normalized spacial score (nSPS) is 27.4. The van der Waals surface area contributed by atoms with E-state index in [4.69, 9.17) is 4.74 Å². The average molecular weight is 613 g/mol. The Morgan fingerprint density at radius 2 is 1.76 bits per heavy atom. The summed E-state index contributed by atoms with van der Waals surface area (Å²) in [7, 11) is 0. The maximum atomic E-state index is 14.7. The molecule has 236 valence electrons. The van der Waals surface area contributed by atoms with Crippen LogP contribution in [-0.4, -0.2) is 95.5 Å². The third-order valence-corrected chi connectivity index (χ3v) is 9.72. The molecule has 1 spiro atoms. The molecule has 3 aromatic rings. The number of carbonyl (C=O) groups is 3. The molecule has 3 fully saturated rings. The largest absolute Gasteiger partial charge is 0.394 e. The SMILES string of the molecule is C=CCN(Cn1nnc2ccccc21)C(=O)C1N([C@H](C)CO)C(=O)[C@@H]2[C@H](C(=O)N(CC=C)Cc3ccccc3)[C@]3(C)CCC12O3. The fourth-order valence-corrected chi connectivity index (χ4v) is 7.70. The Bertz CT molecular complexity index is 1630. The van der Waals surface area contributed by atoms with Crippen molar-refractivity contribution in [3.05, 3.63) is 85.5 Å². The van der Waals surface area contributed by atoms with Gasteiger partial charge in [0, 0.05) is 19.6 Å². The molecule has 6 atom stereocenters. The highest BCUT2D eigenvalue weighted by molar-refractivity contribution is 5.99. The van der Waals surface area contributed by atoms with Crippen LogP contribution in [0.3, 0.4) is 0 Å². The Kier molecular flexibility index (Phi) is 8.09. The summed E-state index contributed by atoms with van der Waals surface area (Å²) >= 11 is 0. The molecular formula is C34H40N6O5. The molecule has 0 radical (unpaired) electrons. The summed E-state index contributed by atoms with van der Waals surface area (Å²) < 4.78 is 8.46. The number of para-hydroxylation sites is 1. The van der Waals surface area contributed by atoms with Crippen molar-refractivity contribution in [3.63, 3.8) is 0 Å². The predicted octanol–water partition coefficient (Wildman–Crippen LogP) is 2.76. The van der Waals surface area contributed by atoms with Crippen molar-refractivity contribution in [3.8, 4) is 0 Å². The van der Waals surface area contributed by atoms with E-state index >= 15 is 0 Å². The van der Waals surface area contributed by atoms with Crippen molar-refractivity contribution in [1.29, 1.82) is 0 Å². The van der Waals surface area contributed by atoms with Gasteiger partial charge in [-0.1, -0.05) is 59.8 Å². The number of hydrogen-bond donors (Lipinski definition) is 1. The molecule has 11 nitrogen and oxygen atoms in total. The lowest BCUT2D eigenvalue weighted by molar-refractivity contribution is -0.157. The predicted molar refractivity (Wildman–Crippen MR) is 167 cm³/mol. The summed E-state index contributed by atoms with van der Waals surface area (Å²) in [4.78, 5) is 48.4. The van der Waals surface area contributed by atoms with Gasteiger partial charge in [-0.25, -0.2) is 4.68 Å². The van der Waals surface area contributed by atoms with E-state index in [2.05, 4.69) is 23.5 Å². The second-order valence-corrected chi connectivity index (χ2v) is 12.6. The van der Waals surface area contributed by atoms with E-state index in [-0.39, 0.29) is 37.5 Å². The van der Waals surface area contributed by atoms with Crippen LogP contribution in [-0.2, 0) is 32.3 Å². The molecule has 11 heteroatoms. The third kappa shape index (κ3) is 4.94. The van der Waals surface area contributed by atoms with Crippen molar-refractivity contribution in [2.75, 3.05) is 19.7 Å². The van der Waals surface area contributed by atoms with E-state index in [0.717, 1.165) is 11.1 Å². The zero-order chi connectivity index (χ0) is 31.9. The molecule has 3 saturated heterocycles. The minimum absolute atomic E-state index is 0.0714. The Morgan fingerprint density at radius 3 is 2.47 bits per heavy atom. The lowest BCUT2D eigenvalue weighted by atomic mass is 9.66. The maximum Gasteiger partial charge on any atom is 0.250 e. The summed E-state index contributed by atoms with van der Waals surface area (Å²) in [5.74, 6) is -2.59. The van der Waals surface area contributed by atoms with Gasteiger partial charge in [0.25, 0.3) is 0 Å². The number of aliphatic hydroxyl groups excluding tert-OH is 1. The second-order valence-electron chi connectivity index (χ2n) is 12.6. The first-order valence-electron chi connectivity index (χ1n) is 15.4. The summed E-state index contributed by atoms with van der Waals surface area (Å²) in [5, 5.41) is 18.8. The van der Waals surface area contributed by atoms with Gasteiger partial charge in [0.05, 0.1) is 35.6 Å². The van der Waals surface area contributed by atoms with Crippen LogP contribution in [0.15, 0.2) is 79.9 Å². The zero-order valence-corrected chi connectivity index (χ0v) is 25.8.